The maximum absolute atomic E-state index is 5.54. The van der Waals surface area contributed by atoms with E-state index in [-0.39, 0.29) is 0 Å². The van der Waals surface area contributed by atoms with Gasteiger partial charge in [0, 0.05) is 65.7 Å². The van der Waals surface area contributed by atoms with Crippen LogP contribution < -0.4 is 32.9 Å². The maximum Gasteiger partial charge on any atom is 0.278 e. The molecule has 6 aliphatic rings. The fourth-order valence-electron chi connectivity index (χ4n) is 9.19. The van der Waals surface area contributed by atoms with Crippen molar-refractivity contribution in [3.05, 3.63) is 212 Å². The highest BCUT2D eigenvalue weighted by Crippen LogP contribution is 2.41. The van der Waals surface area contributed by atoms with Crippen molar-refractivity contribution in [3.8, 4) is 0 Å². The van der Waals surface area contributed by atoms with E-state index in [2.05, 4.69) is 15.0 Å². The van der Waals surface area contributed by atoms with E-state index in [1.54, 1.807) is 0 Å². The molecule has 3 aromatic heterocycles. The smallest absolute Gasteiger partial charge is 0.278 e. The second-order valence-electron chi connectivity index (χ2n) is 15.4. The number of H-pyrrole nitrogens is 3. The largest absolute Gasteiger partial charge is 0.324 e. The molecule has 0 radical (unpaired) electrons. The minimum atomic E-state index is -1.57. The number of fused-ring (bicyclic) bond motifs is 6. The first-order valence-electron chi connectivity index (χ1n) is 19.9. The zero-order valence-corrected chi connectivity index (χ0v) is 31.8. The van der Waals surface area contributed by atoms with Crippen LogP contribution in [0.5, 0.6) is 0 Å². The van der Waals surface area contributed by atoms with Crippen molar-refractivity contribution < 1.29 is 0 Å². The monoisotopic (exact) mass is 785 g/mol. The van der Waals surface area contributed by atoms with Gasteiger partial charge < -0.3 is 15.0 Å². The fraction of sp³-hybridized carbons (Fsp3) is 0.0417. The highest BCUT2D eigenvalue weighted by molar-refractivity contribution is 6.23. The van der Waals surface area contributed by atoms with Crippen molar-refractivity contribution in [2.45, 2.75) is 11.6 Å². The van der Waals surface area contributed by atoms with Crippen LogP contribution in [0.4, 0.5) is 0 Å². The van der Waals surface area contributed by atoms with Gasteiger partial charge in [-0.25, -0.2) is 49.9 Å². The number of hydrogen-bond donors (Lipinski definition) is 3. The molecule has 284 valence electrons. The summed E-state index contributed by atoms with van der Waals surface area (Å²) in [5, 5.41) is 5.09. The van der Waals surface area contributed by atoms with Crippen LogP contribution in [0, 0.1) is 0 Å². The number of aliphatic imine (C=N–C) groups is 4. The molecule has 0 aliphatic carbocycles. The van der Waals surface area contributed by atoms with Crippen LogP contribution in [0.25, 0.3) is 32.3 Å². The molecule has 13 nitrogen and oxygen atoms in total. The Morgan fingerprint density at radius 1 is 0.262 bits per heavy atom. The predicted octanol–water partition coefficient (Wildman–Crippen LogP) is 4.62. The normalized spacial score (nSPS) is 22.1. The molecule has 9 heterocycles. The van der Waals surface area contributed by atoms with E-state index < -0.39 is 11.6 Å². The Hall–Kier alpha value is -8.58. The first-order valence-corrected chi connectivity index (χ1v) is 19.9. The van der Waals surface area contributed by atoms with E-state index in [0.29, 0.717) is 56.3 Å². The van der Waals surface area contributed by atoms with Crippen molar-refractivity contribution in [1.82, 2.24) is 15.0 Å². The molecule has 6 aliphatic heterocycles. The molecular formula is C48H27N13. The molecule has 12 bridgehead atoms. The van der Waals surface area contributed by atoms with Crippen molar-refractivity contribution in [1.29, 1.82) is 0 Å². The number of nitrogens with one attached hydrogen (secondary N) is 3. The average molecular weight is 786 g/mol. The number of rotatable bonds is 0. The number of nitrogens with zero attached hydrogens (tertiary/aromatic N) is 10. The van der Waals surface area contributed by atoms with Crippen molar-refractivity contribution in [2.75, 3.05) is 0 Å². The van der Waals surface area contributed by atoms with Crippen LogP contribution in [0.1, 0.15) is 33.4 Å². The minimum Gasteiger partial charge on any atom is -0.324 e. The zero-order chi connectivity index (χ0) is 39.9. The molecule has 15 rings (SSSR count). The van der Waals surface area contributed by atoms with Gasteiger partial charge in [-0.3, -0.25) is 0 Å². The highest BCUT2D eigenvalue weighted by atomic mass is 15.3. The number of benzene rings is 6. The summed E-state index contributed by atoms with van der Waals surface area (Å²) >= 11 is 0. The summed E-state index contributed by atoms with van der Waals surface area (Å²) in [6.45, 7) is 0. The van der Waals surface area contributed by atoms with E-state index in [9.17, 15) is 0 Å². The lowest BCUT2D eigenvalue weighted by molar-refractivity contribution is 0.478. The first-order chi connectivity index (χ1) is 30.1. The van der Waals surface area contributed by atoms with E-state index in [0.717, 1.165) is 65.7 Å². The number of aromatic amines is 3. The van der Waals surface area contributed by atoms with Crippen LogP contribution in [-0.2, 0) is 11.6 Å². The lowest BCUT2D eigenvalue weighted by Gasteiger charge is -2.18. The lowest BCUT2D eigenvalue weighted by Crippen LogP contribution is -2.27. The number of amidine groups is 4. The summed E-state index contributed by atoms with van der Waals surface area (Å²) in [4.78, 5) is 64.7. The van der Waals surface area contributed by atoms with Gasteiger partial charge in [0.25, 0.3) is 11.6 Å². The molecule has 2 atom stereocenters. The van der Waals surface area contributed by atoms with Crippen LogP contribution in [-0.4, -0.2) is 38.3 Å². The van der Waals surface area contributed by atoms with Gasteiger partial charge in [-0.1, -0.05) is 146 Å². The van der Waals surface area contributed by atoms with Gasteiger partial charge in [0.05, 0.1) is 0 Å². The van der Waals surface area contributed by atoms with Gasteiger partial charge in [0.1, 0.15) is 32.9 Å². The molecule has 0 unspecified atom stereocenters. The number of hydrogen-bond acceptors (Lipinski definition) is 10. The molecule has 6 aromatic carbocycles. The molecule has 61 heavy (non-hydrogen) atoms. The van der Waals surface area contributed by atoms with Crippen molar-refractivity contribution in [3.63, 3.8) is 0 Å². The summed E-state index contributed by atoms with van der Waals surface area (Å²) in [5.74, 6) is -1.28. The second kappa shape index (κ2) is 11.5. The lowest BCUT2D eigenvalue weighted by atomic mass is 10.0. The van der Waals surface area contributed by atoms with Gasteiger partial charge in [0.15, 0.2) is 23.3 Å². The van der Waals surface area contributed by atoms with Gasteiger partial charge in [-0.15, -0.1) is 0 Å². The topological polar surface area (TPSA) is 171 Å². The Morgan fingerprint density at radius 2 is 0.557 bits per heavy atom. The van der Waals surface area contributed by atoms with E-state index in [4.69, 9.17) is 49.9 Å². The third kappa shape index (κ3) is 4.48. The van der Waals surface area contributed by atoms with Crippen LogP contribution in [0.15, 0.2) is 196 Å². The predicted molar refractivity (Wildman–Crippen MR) is 231 cm³/mol. The molecule has 0 amide bonds. The molecule has 0 fully saturated rings. The van der Waals surface area contributed by atoms with Crippen molar-refractivity contribution in [2.24, 2.45) is 49.9 Å². The Bertz CT molecular complexity index is 4030. The molecule has 2 spiro atoms. The Labute approximate surface area is 343 Å². The van der Waals surface area contributed by atoms with Crippen LogP contribution in [0.2, 0.25) is 0 Å². The number of aromatic nitrogens is 3. The molecular weight excluding hydrogens is 759 g/mol. The zero-order valence-electron chi connectivity index (χ0n) is 31.8. The Morgan fingerprint density at radius 3 is 0.984 bits per heavy atom. The summed E-state index contributed by atoms with van der Waals surface area (Å²) < 4.78 is 0. The van der Waals surface area contributed by atoms with E-state index in [1.807, 2.05) is 146 Å². The standard InChI is InChI=1S/C48H27N13/c1-5-17-29-25(13-1)37-49-38-26-14-2-6-18-30(26)42(51-38)57-48-36-24-12-10-22-34(36)46(61-48)55-39-27-15-3-7-19-31(27)43(52-39)58-47(56-41(29)50-37)35-23-11-9-21-33(35)45(60-47)54-40-28-16-4-8-20-32(28)44(53-40)59-48/h1-24H,(H,52,55,58,61)(H,53,54,59,60)(H,49,50,51,56,57)/t47-,48-/m1/s1. The average Bonchev–Trinajstić information content (AvgIpc) is 4.13. The molecule has 0 saturated carbocycles. The first kappa shape index (κ1) is 32.4. The van der Waals surface area contributed by atoms with Gasteiger partial charge in [0.2, 0.25) is 0 Å². The van der Waals surface area contributed by atoms with Gasteiger partial charge >= 0.3 is 0 Å². The van der Waals surface area contributed by atoms with Crippen LogP contribution >= 0.6 is 0 Å². The quantitative estimate of drug-likeness (QED) is 0.195. The molecule has 3 N–H and O–H groups in total. The van der Waals surface area contributed by atoms with Gasteiger partial charge in [-0.05, 0) is 0 Å². The summed E-state index contributed by atoms with van der Waals surface area (Å²) in [6, 6.07) is 48.1. The highest BCUT2D eigenvalue weighted by Gasteiger charge is 2.43. The summed E-state index contributed by atoms with van der Waals surface area (Å²) in [7, 11) is 0. The molecule has 0 saturated heterocycles. The molecule has 9 aromatic rings. The minimum absolute atomic E-state index is 0.440. The summed E-state index contributed by atoms with van der Waals surface area (Å²) in [6.07, 6.45) is 0. The fourth-order valence-corrected chi connectivity index (χ4v) is 9.19. The summed E-state index contributed by atoms with van der Waals surface area (Å²) in [5.41, 5.74) is 8.07. The SMILES string of the molecule is c1ccc2c(c1)C1=N/C2=N\[C@@]23N=C(N=c4[nH]/c(c5ccccc45)=N\[C@]4(N=C(N=c5[nH]c(c6ccccc56)=N2)c2ccccc24)/N=c2\[nH]c(c4ccccc24)=N1)c1ccccc13. The Kier molecular flexibility index (Phi) is 6.13. The third-order valence-electron chi connectivity index (χ3n) is 11.9. The molecule has 13 heteroatoms. The van der Waals surface area contributed by atoms with Gasteiger partial charge in [-0.2, -0.15) is 0 Å². The van der Waals surface area contributed by atoms with Crippen molar-refractivity contribution >= 4 is 55.7 Å². The van der Waals surface area contributed by atoms with Crippen LogP contribution in [0.3, 0.4) is 0 Å². The van der Waals surface area contributed by atoms with E-state index >= 15 is 0 Å². The van der Waals surface area contributed by atoms with E-state index in [1.165, 1.54) is 0 Å². The third-order valence-corrected chi connectivity index (χ3v) is 11.9. The second-order valence-corrected chi connectivity index (χ2v) is 15.4. The Balaban J connectivity index is 1.27. The maximum atomic E-state index is 5.54.